The Morgan fingerprint density at radius 1 is 1.50 bits per heavy atom. The van der Waals surface area contributed by atoms with Gasteiger partial charge in [0.25, 0.3) is 0 Å². The normalized spacial score (nSPS) is 20.1. The molecule has 0 amide bonds. The highest BCUT2D eigenvalue weighted by atomic mass is 16.3. The lowest BCUT2D eigenvalue weighted by molar-refractivity contribution is 0.0786. The molecule has 0 spiro atoms. The Hall–Kier alpha value is -0.940. The van der Waals surface area contributed by atoms with Crippen LogP contribution in [0.15, 0.2) is 6.20 Å². The summed E-state index contributed by atoms with van der Waals surface area (Å²) in [5.74, 6) is 0. The van der Waals surface area contributed by atoms with Crippen LogP contribution in [0.4, 0.5) is 0 Å². The number of likely N-dealkylation sites (tertiary alicyclic amines) is 1. The molecule has 1 saturated heterocycles. The van der Waals surface area contributed by atoms with Crippen molar-refractivity contribution in [2.24, 2.45) is 7.05 Å². The molecule has 2 rings (SSSR count). The fourth-order valence-electron chi connectivity index (χ4n) is 1.77. The van der Waals surface area contributed by atoms with Crippen LogP contribution in [0.25, 0.3) is 0 Å². The van der Waals surface area contributed by atoms with E-state index in [1.165, 1.54) is 0 Å². The van der Waals surface area contributed by atoms with Crippen molar-refractivity contribution in [1.82, 2.24) is 19.9 Å². The zero-order valence-corrected chi connectivity index (χ0v) is 8.43. The van der Waals surface area contributed by atoms with Gasteiger partial charge in [0, 0.05) is 26.7 Å². The van der Waals surface area contributed by atoms with Crippen molar-refractivity contribution >= 4 is 0 Å². The molecule has 5 heteroatoms. The van der Waals surface area contributed by atoms with Gasteiger partial charge in [-0.15, -0.1) is 0 Å². The van der Waals surface area contributed by atoms with Crippen LogP contribution in [0.2, 0.25) is 0 Å². The van der Waals surface area contributed by atoms with E-state index >= 15 is 0 Å². The van der Waals surface area contributed by atoms with E-state index in [2.05, 4.69) is 15.1 Å². The Balaban J connectivity index is 1.86. The van der Waals surface area contributed by atoms with E-state index in [9.17, 15) is 5.11 Å². The maximum absolute atomic E-state index is 9.34. The number of rotatable bonds is 2. The van der Waals surface area contributed by atoms with Gasteiger partial charge in [0.05, 0.1) is 18.0 Å². The highest BCUT2D eigenvalue weighted by molar-refractivity contribution is 4.91. The van der Waals surface area contributed by atoms with E-state index in [4.69, 9.17) is 0 Å². The molecule has 0 aromatic carbocycles. The van der Waals surface area contributed by atoms with Crippen molar-refractivity contribution in [3.8, 4) is 0 Å². The highest BCUT2D eigenvalue weighted by Crippen LogP contribution is 2.11. The first-order chi connectivity index (χ1) is 6.74. The molecule has 0 aliphatic carbocycles. The topological polar surface area (TPSA) is 54.2 Å². The predicted molar refractivity (Wildman–Crippen MR) is 51.5 cm³/mol. The number of nitrogens with zero attached hydrogens (tertiary/aromatic N) is 4. The summed E-state index contributed by atoms with van der Waals surface area (Å²) in [6.45, 7) is 2.76. The average molecular weight is 196 g/mol. The molecule has 1 N–H and O–H groups in total. The van der Waals surface area contributed by atoms with Gasteiger partial charge in [0.2, 0.25) is 0 Å². The van der Waals surface area contributed by atoms with Crippen LogP contribution in [0.3, 0.4) is 0 Å². The van der Waals surface area contributed by atoms with E-state index in [0.29, 0.717) is 0 Å². The predicted octanol–water partition coefficient (Wildman–Crippen LogP) is -0.228. The first-order valence-electron chi connectivity index (χ1n) is 4.99. The minimum atomic E-state index is -0.104. The molecule has 2 heterocycles. The molecule has 1 aromatic rings. The van der Waals surface area contributed by atoms with E-state index in [1.807, 2.05) is 7.05 Å². The van der Waals surface area contributed by atoms with Gasteiger partial charge in [-0.1, -0.05) is 0 Å². The number of piperidine rings is 1. The quantitative estimate of drug-likeness (QED) is 0.710. The first kappa shape index (κ1) is 9.61. The van der Waals surface area contributed by atoms with Crippen LogP contribution in [0.5, 0.6) is 0 Å². The number of aliphatic hydroxyl groups is 1. The summed E-state index contributed by atoms with van der Waals surface area (Å²) < 4.78 is 0. The van der Waals surface area contributed by atoms with Crippen LogP contribution < -0.4 is 0 Å². The zero-order chi connectivity index (χ0) is 9.97. The van der Waals surface area contributed by atoms with Crippen molar-refractivity contribution in [3.63, 3.8) is 0 Å². The lowest BCUT2D eigenvalue weighted by Crippen LogP contribution is -2.35. The Morgan fingerprint density at radius 3 is 2.79 bits per heavy atom. The monoisotopic (exact) mass is 196 g/mol. The molecule has 0 saturated carbocycles. The molecule has 1 aromatic heterocycles. The third-order valence-corrected chi connectivity index (χ3v) is 2.59. The van der Waals surface area contributed by atoms with Gasteiger partial charge in [0.15, 0.2) is 0 Å². The molecule has 1 aliphatic heterocycles. The number of aromatic nitrogens is 3. The van der Waals surface area contributed by atoms with Gasteiger partial charge in [-0.2, -0.15) is 15.0 Å². The Labute approximate surface area is 83.3 Å². The van der Waals surface area contributed by atoms with Crippen molar-refractivity contribution in [2.75, 3.05) is 13.1 Å². The van der Waals surface area contributed by atoms with E-state index in [0.717, 1.165) is 38.2 Å². The highest BCUT2D eigenvalue weighted by Gasteiger charge is 2.17. The van der Waals surface area contributed by atoms with Crippen LogP contribution >= 0.6 is 0 Å². The van der Waals surface area contributed by atoms with Crippen molar-refractivity contribution in [1.29, 1.82) is 0 Å². The molecule has 78 valence electrons. The van der Waals surface area contributed by atoms with Crippen LogP contribution in [0.1, 0.15) is 18.5 Å². The van der Waals surface area contributed by atoms with Gasteiger partial charge >= 0.3 is 0 Å². The van der Waals surface area contributed by atoms with E-state index in [1.54, 1.807) is 11.0 Å². The minimum Gasteiger partial charge on any atom is -0.393 e. The maximum Gasteiger partial charge on any atom is 0.0967 e. The molecule has 0 unspecified atom stereocenters. The summed E-state index contributed by atoms with van der Waals surface area (Å²) in [7, 11) is 1.82. The summed E-state index contributed by atoms with van der Waals surface area (Å²) >= 11 is 0. The van der Waals surface area contributed by atoms with Crippen molar-refractivity contribution in [3.05, 3.63) is 11.9 Å². The molecule has 5 nitrogen and oxygen atoms in total. The SMILES string of the molecule is Cn1ncc(CN2CCC(O)CC2)n1. The van der Waals surface area contributed by atoms with Crippen molar-refractivity contribution in [2.45, 2.75) is 25.5 Å². The maximum atomic E-state index is 9.34. The molecule has 0 radical (unpaired) electrons. The van der Waals surface area contributed by atoms with Gasteiger partial charge in [-0.25, -0.2) is 0 Å². The average Bonchev–Trinajstić information content (AvgIpc) is 2.56. The summed E-state index contributed by atoms with van der Waals surface area (Å²) in [5, 5.41) is 17.6. The number of hydrogen-bond donors (Lipinski definition) is 1. The largest absolute Gasteiger partial charge is 0.393 e. The Bertz CT molecular complexity index is 291. The third-order valence-electron chi connectivity index (χ3n) is 2.59. The lowest BCUT2D eigenvalue weighted by Gasteiger charge is -2.28. The summed E-state index contributed by atoms with van der Waals surface area (Å²) in [6, 6.07) is 0. The second-order valence-electron chi connectivity index (χ2n) is 3.83. The summed E-state index contributed by atoms with van der Waals surface area (Å²) in [5.41, 5.74) is 1.00. The molecule has 1 fully saturated rings. The Kier molecular flexibility index (Phi) is 2.79. The number of aliphatic hydroxyl groups excluding tert-OH is 1. The summed E-state index contributed by atoms with van der Waals surface area (Å²) in [4.78, 5) is 3.88. The van der Waals surface area contributed by atoms with Crippen LogP contribution in [0, 0.1) is 0 Å². The van der Waals surface area contributed by atoms with Gasteiger partial charge < -0.3 is 5.11 Å². The smallest absolute Gasteiger partial charge is 0.0967 e. The fourth-order valence-corrected chi connectivity index (χ4v) is 1.77. The van der Waals surface area contributed by atoms with E-state index < -0.39 is 0 Å². The third kappa shape index (κ3) is 2.30. The van der Waals surface area contributed by atoms with Gasteiger partial charge in [-0.3, -0.25) is 4.90 Å². The molecule has 1 aliphatic rings. The molecular formula is C9H16N4O. The van der Waals surface area contributed by atoms with Crippen molar-refractivity contribution < 1.29 is 5.11 Å². The number of aryl methyl sites for hydroxylation is 1. The van der Waals surface area contributed by atoms with Crippen LogP contribution in [-0.4, -0.2) is 44.2 Å². The zero-order valence-electron chi connectivity index (χ0n) is 8.43. The second kappa shape index (κ2) is 4.06. The molecule has 0 atom stereocenters. The second-order valence-corrected chi connectivity index (χ2v) is 3.83. The van der Waals surface area contributed by atoms with Crippen LogP contribution in [-0.2, 0) is 13.6 Å². The molecule has 14 heavy (non-hydrogen) atoms. The minimum absolute atomic E-state index is 0.104. The van der Waals surface area contributed by atoms with Gasteiger partial charge in [-0.05, 0) is 12.8 Å². The lowest BCUT2D eigenvalue weighted by atomic mass is 10.1. The van der Waals surface area contributed by atoms with E-state index in [-0.39, 0.29) is 6.10 Å². The summed E-state index contributed by atoms with van der Waals surface area (Å²) in [6.07, 6.45) is 3.44. The standard InChI is InChI=1S/C9H16N4O/c1-12-10-6-8(11-12)7-13-4-2-9(14)3-5-13/h6,9,14H,2-5,7H2,1H3. The number of hydrogen-bond acceptors (Lipinski definition) is 4. The Morgan fingerprint density at radius 2 is 2.21 bits per heavy atom. The molecule has 0 bridgehead atoms. The first-order valence-corrected chi connectivity index (χ1v) is 4.99. The fraction of sp³-hybridized carbons (Fsp3) is 0.778. The molecular weight excluding hydrogens is 180 g/mol. The van der Waals surface area contributed by atoms with Gasteiger partial charge in [0.1, 0.15) is 0 Å².